The van der Waals surface area contributed by atoms with Crippen LogP contribution in [0.3, 0.4) is 0 Å². The van der Waals surface area contributed by atoms with Crippen LogP contribution in [-0.2, 0) is 14.3 Å². The summed E-state index contributed by atoms with van der Waals surface area (Å²) in [5.74, 6) is -0.0974. The van der Waals surface area contributed by atoms with Gasteiger partial charge in [-0.05, 0) is 43.4 Å². The molecule has 0 N–H and O–H groups in total. The summed E-state index contributed by atoms with van der Waals surface area (Å²) in [6.45, 7) is 0. The number of benzene rings is 1. The van der Waals surface area contributed by atoms with Crippen molar-refractivity contribution in [3.8, 4) is 0 Å². The Kier molecular flexibility index (Phi) is 4.85. The summed E-state index contributed by atoms with van der Waals surface area (Å²) in [5, 5.41) is 0.654. The van der Waals surface area contributed by atoms with Gasteiger partial charge in [0.1, 0.15) is 11.5 Å². The predicted molar refractivity (Wildman–Crippen MR) is 101 cm³/mol. The van der Waals surface area contributed by atoms with E-state index in [4.69, 9.17) is 16.3 Å². The fourth-order valence-corrected chi connectivity index (χ4v) is 5.61. The van der Waals surface area contributed by atoms with Gasteiger partial charge in [-0.2, -0.15) is 0 Å². The number of esters is 1. The van der Waals surface area contributed by atoms with Crippen molar-refractivity contribution in [3.05, 3.63) is 34.9 Å². The van der Waals surface area contributed by atoms with Crippen molar-refractivity contribution < 1.29 is 14.3 Å². The highest BCUT2D eigenvalue weighted by Crippen LogP contribution is 2.58. The van der Waals surface area contributed by atoms with Gasteiger partial charge < -0.3 is 4.74 Å². The number of cyclic esters (lactones) is 1. The van der Waals surface area contributed by atoms with Crippen LogP contribution in [0.4, 0.5) is 0 Å². The highest BCUT2D eigenvalue weighted by molar-refractivity contribution is 6.30. The Bertz CT molecular complexity index is 680. The number of hydrogen-bond donors (Lipinski definition) is 0. The smallest absolute Gasteiger partial charge is 0.320 e. The van der Waals surface area contributed by atoms with Crippen molar-refractivity contribution in [2.75, 3.05) is 0 Å². The Hall–Kier alpha value is -1.35. The lowest BCUT2D eigenvalue weighted by Gasteiger charge is -2.50. The third kappa shape index (κ3) is 2.79. The number of Topliss-reactive ketones (excluding diaryl/α,β-unsaturated/α-hetero) is 1. The number of hydrogen-bond acceptors (Lipinski definition) is 3. The van der Waals surface area contributed by atoms with Crippen LogP contribution < -0.4 is 0 Å². The molecule has 1 aliphatic heterocycles. The van der Waals surface area contributed by atoms with Crippen molar-refractivity contribution in [1.29, 1.82) is 0 Å². The lowest BCUT2D eigenvalue weighted by atomic mass is 9.56. The molecule has 1 aromatic carbocycles. The average molecular weight is 375 g/mol. The molecule has 3 nitrogen and oxygen atoms in total. The van der Waals surface area contributed by atoms with E-state index >= 15 is 0 Å². The Labute approximate surface area is 160 Å². The molecule has 4 rings (SSSR count). The number of ether oxygens (including phenoxy) is 1. The first-order valence-electron chi connectivity index (χ1n) is 10.1. The van der Waals surface area contributed by atoms with Gasteiger partial charge in [-0.1, -0.05) is 68.7 Å². The molecular formula is C22H27ClO3. The molecule has 3 aliphatic rings. The lowest BCUT2D eigenvalue weighted by Crippen LogP contribution is -2.57. The maximum Gasteiger partial charge on any atom is 0.320 e. The molecular weight excluding hydrogens is 348 g/mol. The normalized spacial score (nSPS) is 28.0. The van der Waals surface area contributed by atoms with Crippen LogP contribution in [0.1, 0.15) is 82.3 Å². The minimum atomic E-state index is -0.883. The van der Waals surface area contributed by atoms with Crippen molar-refractivity contribution in [2.45, 2.75) is 76.7 Å². The summed E-state index contributed by atoms with van der Waals surface area (Å²) < 4.78 is 6.12. The molecule has 3 fully saturated rings. The number of halogens is 1. The van der Waals surface area contributed by atoms with Crippen LogP contribution in [0.15, 0.2) is 24.3 Å². The summed E-state index contributed by atoms with van der Waals surface area (Å²) in [6, 6.07) is 7.48. The molecule has 2 spiro atoms. The van der Waals surface area contributed by atoms with Gasteiger partial charge in [0.25, 0.3) is 0 Å². The van der Waals surface area contributed by atoms with Crippen LogP contribution in [-0.4, -0.2) is 11.8 Å². The van der Waals surface area contributed by atoms with Crippen molar-refractivity contribution >= 4 is 23.4 Å². The molecule has 0 aromatic heterocycles. The van der Waals surface area contributed by atoms with Crippen LogP contribution in [0.2, 0.25) is 5.02 Å². The number of rotatable bonds is 1. The van der Waals surface area contributed by atoms with Crippen LogP contribution in [0.25, 0.3) is 0 Å². The molecule has 4 heteroatoms. The van der Waals surface area contributed by atoms with Crippen LogP contribution >= 0.6 is 11.6 Å². The molecule has 0 amide bonds. The van der Waals surface area contributed by atoms with E-state index in [-0.39, 0.29) is 11.8 Å². The quantitative estimate of drug-likeness (QED) is 0.461. The largest absolute Gasteiger partial charge is 0.456 e. The maximum absolute atomic E-state index is 14.0. The van der Waals surface area contributed by atoms with E-state index in [1.54, 1.807) is 0 Å². The molecule has 140 valence electrons. The molecule has 1 unspecified atom stereocenters. The average Bonchev–Trinajstić information content (AvgIpc) is 2.92. The Morgan fingerprint density at radius 3 is 1.96 bits per heavy atom. The zero-order valence-corrected chi connectivity index (χ0v) is 16.0. The van der Waals surface area contributed by atoms with Gasteiger partial charge in [0.15, 0.2) is 5.78 Å². The first-order valence-corrected chi connectivity index (χ1v) is 10.5. The number of ketones is 1. The SMILES string of the molecule is O=C1OC(c2ccc(Cl)cc2)C2(CCCCCC2)C(=O)C12CCCCC2. The first-order chi connectivity index (χ1) is 12.6. The third-order valence-corrected chi connectivity index (χ3v) is 7.13. The predicted octanol–water partition coefficient (Wildman–Crippen LogP) is 5.80. The molecule has 2 saturated carbocycles. The van der Waals surface area contributed by atoms with Gasteiger partial charge in [0, 0.05) is 5.02 Å². The minimum absolute atomic E-state index is 0.183. The van der Waals surface area contributed by atoms with E-state index in [0.29, 0.717) is 17.9 Å². The van der Waals surface area contributed by atoms with E-state index in [9.17, 15) is 9.59 Å². The highest BCUT2D eigenvalue weighted by atomic mass is 35.5. The van der Waals surface area contributed by atoms with Gasteiger partial charge in [0.2, 0.25) is 0 Å². The summed E-state index contributed by atoms with van der Waals surface area (Å²) in [5.41, 5.74) is -0.537. The van der Waals surface area contributed by atoms with Gasteiger partial charge in [0.05, 0.1) is 5.41 Å². The third-order valence-electron chi connectivity index (χ3n) is 6.88. The molecule has 0 bridgehead atoms. The van der Waals surface area contributed by atoms with Crippen molar-refractivity contribution in [3.63, 3.8) is 0 Å². The molecule has 1 heterocycles. The molecule has 1 atom stereocenters. The van der Waals surface area contributed by atoms with Gasteiger partial charge in [-0.25, -0.2) is 0 Å². The molecule has 0 radical (unpaired) electrons. The highest BCUT2D eigenvalue weighted by Gasteiger charge is 2.63. The molecule has 26 heavy (non-hydrogen) atoms. The zero-order valence-electron chi connectivity index (χ0n) is 15.3. The second-order valence-corrected chi connectivity index (χ2v) is 8.82. The van der Waals surface area contributed by atoms with E-state index in [1.165, 1.54) is 0 Å². The van der Waals surface area contributed by atoms with E-state index in [1.807, 2.05) is 24.3 Å². The summed E-state index contributed by atoms with van der Waals surface area (Å²) in [7, 11) is 0. The van der Waals surface area contributed by atoms with E-state index in [0.717, 1.165) is 63.4 Å². The topological polar surface area (TPSA) is 43.4 Å². The lowest BCUT2D eigenvalue weighted by molar-refractivity contribution is -0.196. The fraction of sp³-hybridized carbons (Fsp3) is 0.636. The fourth-order valence-electron chi connectivity index (χ4n) is 5.48. The van der Waals surface area contributed by atoms with Crippen molar-refractivity contribution in [1.82, 2.24) is 0 Å². The van der Waals surface area contributed by atoms with Gasteiger partial charge in [-0.15, -0.1) is 0 Å². The molecule has 1 aromatic rings. The van der Waals surface area contributed by atoms with Gasteiger partial charge >= 0.3 is 5.97 Å². The zero-order chi connectivity index (χ0) is 18.2. The number of carbonyl (C=O) groups is 2. The second-order valence-electron chi connectivity index (χ2n) is 8.38. The van der Waals surface area contributed by atoms with E-state index in [2.05, 4.69) is 0 Å². The molecule has 1 saturated heterocycles. The monoisotopic (exact) mass is 374 g/mol. The minimum Gasteiger partial charge on any atom is -0.456 e. The summed E-state index contributed by atoms with van der Waals surface area (Å²) >= 11 is 6.05. The van der Waals surface area contributed by atoms with Crippen molar-refractivity contribution in [2.24, 2.45) is 10.8 Å². The second kappa shape index (κ2) is 6.99. The molecule has 2 aliphatic carbocycles. The Balaban J connectivity index is 1.79. The van der Waals surface area contributed by atoms with E-state index < -0.39 is 16.9 Å². The standard InChI is InChI=1S/C22H27ClO3/c23-17-10-8-16(9-11-17)18-21(12-4-1-2-5-13-21)19(24)22(20(25)26-18)14-6-3-7-15-22/h8-11,18H,1-7,12-15H2. The van der Waals surface area contributed by atoms with Gasteiger partial charge in [-0.3, -0.25) is 9.59 Å². The van der Waals surface area contributed by atoms with Crippen LogP contribution in [0, 0.1) is 10.8 Å². The first kappa shape index (κ1) is 18.0. The number of carbonyl (C=O) groups excluding carboxylic acids is 2. The Morgan fingerprint density at radius 2 is 1.35 bits per heavy atom. The van der Waals surface area contributed by atoms with Crippen LogP contribution in [0.5, 0.6) is 0 Å². The maximum atomic E-state index is 14.0. The summed E-state index contributed by atoms with van der Waals surface area (Å²) in [6.07, 6.45) is 9.90. The summed E-state index contributed by atoms with van der Waals surface area (Å²) in [4.78, 5) is 27.0. The Morgan fingerprint density at radius 1 is 0.808 bits per heavy atom.